The second-order valence-electron chi connectivity index (χ2n) is 7.12. The Morgan fingerprint density at radius 2 is 1.31 bits per heavy atom. The van der Waals surface area contributed by atoms with Crippen LogP contribution in [0.1, 0.15) is 0 Å². The zero-order chi connectivity index (χ0) is 19.4. The molecule has 2 heterocycles. The molecule has 0 saturated carbocycles. The van der Waals surface area contributed by atoms with Gasteiger partial charge in [0, 0.05) is 26.9 Å². The fourth-order valence-corrected chi connectivity index (χ4v) is 4.38. The Balaban J connectivity index is 1.79. The normalized spacial score (nSPS) is 11.6. The molecule has 0 N–H and O–H groups in total. The van der Waals surface area contributed by atoms with Crippen molar-refractivity contribution in [1.29, 1.82) is 0 Å². The molecule has 4 aromatic carbocycles. The molecule has 0 amide bonds. The Kier molecular flexibility index (Phi) is 3.52. The van der Waals surface area contributed by atoms with Crippen molar-refractivity contribution in [3.8, 4) is 11.4 Å². The molecule has 29 heavy (non-hydrogen) atoms. The number of rotatable bonds is 2. The summed E-state index contributed by atoms with van der Waals surface area (Å²) in [6, 6.07) is 31.1. The van der Waals surface area contributed by atoms with E-state index in [-0.39, 0.29) is 0 Å². The Hall–Kier alpha value is -3.56. The minimum Gasteiger partial charge on any atom is -0.309 e. The first kappa shape index (κ1) is 16.4. The van der Waals surface area contributed by atoms with Crippen LogP contribution in [0.25, 0.3) is 44.1 Å². The predicted octanol–water partition coefficient (Wildman–Crippen LogP) is 6.78. The van der Waals surface area contributed by atoms with Crippen LogP contribution in [0, 0.1) is 0 Å². The third kappa shape index (κ3) is 2.41. The summed E-state index contributed by atoms with van der Waals surface area (Å²) in [4.78, 5) is 0. The van der Waals surface area contributed by atoms with Gasteiger partial charge >= 0.3 is 0 Å². The number of hydrogen-bond donors (Lipinski definition) is 0. The largest absolute Gasteiger partial charge is 0.309 e. The highest BCUT2D eigenvalue weighted by atomic mass is 35.5. The van der Waals surface area contributed by atoms with Crippen LogP contribution in [-0.2, 0) is 0 Å². The molecular weight excluding hydrogens is 378 g/mol. The average Bonchev–Trinajstić information content (AvgIpc) is 3.34. The Morgan fingerprint density at radius 1 is 0.621 bits per heavy atom. The van der Waals surface area contributed by atoms with Gasteiger partial charge in [-0.2, -0.15) is 5.10 Å². The van der Waals surface area contributed by atoms with E-state index in [1.807, 2.05) is 47.3 Å². The maximum Gasteiger partial charge on any atom is 0.0762 e. The number of fused-ring (bicyclic) bond motifs is 5. The van der Waals surface area contributed by atoms with Crippen LogP contribution in [0.15, 0.2) is 97.2 Å². The van der Waals surface area contributed by atoms with Gasteiger partial charge in [0.25, 0.3) is 0 Å². The molecule has 0 aliphatic heterocycles. The third-order valence-electron chi connectivity index (χ3n) is 5.45. The van der Waals surface area contributed by atoms with Crippen LogP contribution < -0.4 is 0 Å². The van der Waals surface area contributed by atoms with Gasteiger partial charge in [-0.1, -0.05) is 48.0 Å². The van der Waals surface area contributed by atoms with Crippen LogP contribution >= 0.6 is 11.6 Å². The SMILES string of the molecule is Clc1ccc2c(c1)c1ccc3c(cnn3-c3ccccc3)c1n2-c1ccccc1. The second kappa shape index (κ2) is 6.23. The van der Waals surface area contributed by atoms with Gasteiger partial charge in [0.15, 0.2) is 0 Å². The lowest BCUT2D eigenvalue weighted by atomic mass is 10.1. The van der Waals surface area contributed by atoms with E-state index in [1.54, 1.807) is 0 Å². The summed E-state index contributed by atoms with van der Waals surface area (Å²) in [5.41, 5.74) is 5.53. The van der Waals surface area contributed by atoms with Gasteiger partial charge in [-0.3, -0.25) is 0 Å². The van der Waals surface area contributed by atoms with Crippen LogP contribution in [0.3, 0.4) is 0 Å². The molecule has 138 valence electrons. The monoisotopic (exact) mass is 393 g/mol. The molecule has 0 saturated heterocycles. The molecule has 0 spiro atoms. The molecule has 4 heteroatoms. The fraction of sp³-hybridized carbons (Fsp3) is 0. The van der Waals surface area contributed by atoms with Gasteiger partial charge in [-0.15, -0.1) is 0 Å². The first-order chi connectivity index (χ1) is 14.3. The van der Waals surface area contributed by atoms with Crippen molar-refractivity contribution in [2.75, 3.05) is 0 Å². The molecule has 0 unspecified atom stereocenters. The second-order valence-corrected chi connectivity index (χ2v) is 7.56. The lowest BCUT2D eigenvalue weighted by molar-refractivity contribution is 0.911. The summed E-state index contributed by atoms with van der Waals surface area (Å²) < 4.78 is 4.30. The van der Waals surface area contributed by atoms with Crippen molar-refractivity contribution in [1.82, 2.24) is 14.3 Å². The van der Waals surface area contributed by atoms with Crippen molar-refractivity contribution in [3.63, 3.8) is 0 Å². The van der Waals surface area contributed by atoms with E-state index in [0.29, 0.717) is 0 Å². The summed E-state index contributed by atoms with van der Waals surface area (Å²) in [6.07, 6.45) is 1.96. The first-order valence-corrected chi connectivity index (χ1v) is 9.90. The van der Waals surface area contributed by atoms with E-state index < -0.39 is 0 Å². The number of halogens is 1. The number of aromatic nitrogens is 3. The van der Waals surface area contributed by atoms with Crippen LogP contribution in [0.4, 0.5) is 0 Å². The fourth-order valence-electron chi connectivity index (χ4n) is 4.20. The van der Waals surface area contributed by atoms with Crippen molar-refractivity contribution in [2.24, 2.45) is 0 Å². The van der Waals surface area contributed by atoms with E-state index in [2.05, 4.69) is 59.2 Å². The summed E-state index contributed by atoms with van der Waals surface area (Å²) in [5.74, 6) is 0. The molecule has 0 fully saturated rings. The van der Waals surface area contributed by atoms with Crippen molar-refractivity contribution in [3.05, 3.63) is 102 Å². The van der Waals surface area contributed by atoms with Crippen LogP contribution in [-0.4, -0.2) is 14.3 Å². The smallest absolute Gasteiger partial charge is 0.0762 e. The quantitative estimate of drug-likeness (QED) is 0.318. The van der Waals surface area contributed by atoms with Crippen LogP contribution in [0.2, 0.25) is 5.02 Å². The number of para-hydroxylation sites is 2. The molecule has 0 atom stereocenters. The maximum atomic E-state index is 6.35. The molecular formula is C25H16ClN3. The minimum atomic E-state index is 0.740. The lowest BCUT2D eigenvalue weighted by Gasteiger charge is -2.08. The summed E-state index contributed by atoms with van der Waals surface area (Å²) >= 11 is 6.35. The molecule has 6 aromatic rings. The Labute approximate surface area is 172 Å². The van der Waals surface area contributed by atoms with E-state index >= 15 is 0 Å². The zero-order valence-electron chi connectivity index (χ0n) is 15.5. The minimum absolute atomic E-state index is 0.740. The number of benzene rings is 4. The maximum absolute atomic E-state index is 6.35. The predicted molar refractivity (Wildman–Crippen MR) is 120 cm³/mol. The zero-order valence-corrected chi connectivity index (χ0v) is 16.2. The highest BCUT2D eigenvalue weighted by Crippen LogP contribution is 2.37. The molecule has 0 bridgehead atoms. The van der Waals surface area contributed by atoms with Gasteiger partial charge in [-0.25, -0.2) is 4.68 Å². The van der Waals surface area contributed by atoms with Crippen molar-refractivity contribution >= 4 is 44.3 Å². The average molecular weight is 394 g/mol. The molecule has 0 aliphatic rings. The number of nitrogens with zero attached hydrogens (tertiary/aromatic N) is 3. The van der Waals surface area contributed by atoms with E-state index in [1.165, 1.54) is 5.39 Å². The first-order valence-electron chi connectivity index (χ1n) is 9.52. The Bertz CT molecular complexity index is 1500. The highest BCUT2D eigenvalue weighted by molar-refractivity contribution is 6.32. The van der Waals surface area contributed by atoms with E-state index in [0.717, 1.165) is 43.7 Å². The molecule has 3 nitrogen and oxygen atoms in total. The highest BCUT2D eigenvalue weighted by Gasteiger charge is 2.17. The Morgan fingerprint density at radius 3 is 2.07 bits per heavy atom. The van der Waals surface area contributed by atoms with Crippen molar-refractivity contribution < 1.29 is 0 Å². The van der Waals surface area contributed by atoms with E-state index in [4.69, 9.17) is 16.7 Å². The molecule has 2 aromatic heterocycles. The molecule has 6 rings (SSSR count). The van der Waals surface area contributed by atoms with Gasteiger partial charge in [0.1, 0.15) is 0 Å². The van der Waals surface area contributed by atoms with Gasteiger partial charge < -0.3 is 4.57 Å². The van der Waals surface area contributed by atoms with Gasteiger partial charge in [0.2, 0.25) is 0 Å². The van der Waals surface area contributed by atoms with Crippen molar-refractivity contribution in [2.45, 2.75) is 0 Å². The van der Waals surface area contributed by atoms with Gasteiger partial charge in [0.05, 0.1) is 28.4 Å². The standard InChI is InChI=1S/C25H16ClN3/c26-17-11-13-23-21(15-17)20-12-14-24-22(16-27-29(24)19-9-5-2-6-10-19)25(20)28(23)18-7-3-1-4-8-18/h1-16H. The summed E-state index contributed by atoms with van der Waals surface area (Å²) in [6.45, 7) is 0. The molecule has 0 aliphatic carbocycles. The van der Waals surface area contributed by atoms with Crippen LogP contribution in [0.5, 0.6) is 0 Å². The number of hydrogen-bond acceptors (Lipinski definition) is 1. The third-order valence-corrected chi connectivity index (χ3v) is 5.69. The lowest BCUT2D eigenvalue weighted by Crippen LogP contribution is -1.96. The topological polar surface area (TPSA) is 22.8 Å². The molecule has 0 radical (unpaired) electrons. The van der Waals surface area contributed by atoms with E-state index in [9.17, 15) is 0 Å². The van der Waals surface area contributed by atoms with Gasteiger partial charge in [-0.05, 0) is 54.6 Å². The summed E-state index contributed by atoms with van der Waals surface area (Å²) in [7, 11) is 0. The summed E-state index contributed by atoms with van der Waals surface area (Å²) in [5, 5.41) is 8.89.